The number of carboxylic acids is 1. The van der Waals surface area contributed by atoms with E-state index in [1.165, 1.54) is 22.3 Å². The van der Waals surface area contributed by atoms with Crippen LogP contribution in [0.15, 0.2) is 12.1 Å². The predicted octanol–water partition coefficient (Wildman–Crippen LogP) is 4.86. The van der Waals surface area contributed by atoms with Crippen molar-refractivity contribution in [2.75, 3.05) is 23.3 Å². The molecule has 1 aromatic carbocycles. The summed E-state index contributed by atoms with van der Waals surface area (Å²) in [6.45, 7) is 12.8. The fraction of sp³-hybridized carbons (Fsp3) is 0.476. The predicted molar refractivity (Wildman–Crippen MR) is 111 cm³/mol. The maximum Gasteiger partial charge on any atom is 0.490 e. The van der Waals surface area contributed by atoms with E-state index in [1.54, 1.807) is 0 Å². The molecular formula is C21H27F3N4O2. The molecule has 0 saturated heterocycles. The standard InChI is InChI=1S/C19H26N4.C2HF3O2/c1-6-8-23-9-7-16-15(5)20-19(22-18(16)23)21-17-13(3)10-12(2)11-14(17)4;3-2(4,5)1(6)7/h10-11H,6-9H2,1-5H3,(H,20,21,22);(H,6,7). The van der Waals surface area contributed by atoms with Crippen LogP contribution in [0.4, 0.5) is 30.6 Å². The van der Waals surface area contributed by atoms with Crippen LogP contribution >= 0.6 is 0 Å². The monoisotopic (exact) mass is 424 g/mol. The first-order valence-corrected chi connectivity index (χ1v) is 9.71. The number of carboxylic acid groups (broad SMARTS) is 1. The number of aliphatic carboxylic acids is 1. The van der Waals surface area contributed by atoms with Crippen LogP contribution in [0.5, 0.6) is 0 Å². The Hall–Kier alpha value is -2.84. The van der Waals surface area contributed by atoms with Crippen molar-refractivity contribution in [3.05, 3.63) is 40.1 Å². The van der Waals surface area contributed by atoms with Crippen LogP contribution in [-0.4, -0.2) is 40.3 Å². The summed E-state index contributed by atoms with van der Waals surface area (Å²) in [5.74, 6) is -0.934. The highest BCUT2D eigenvalue weighted by Crippen LogP contribution is 2.31. The highest BCUT2D eigenvalue weighted by Gasteiger charge is 2.38. The van der Waals surface area contributed by atoms with Gasteiger partial charge in [-0.25, -0.2) is 9.78 Å². The molecule has 164 valence electrons. The Morgan fingerprint density at radius 1 is 1.17 bits per heavy atom. The zero-order valence-corrected chi connectivity index (χ0v) is 17.8. The smallest absolute Gasteiger partial charge is 0.475 e. The van der Waals surface area contributed by atoms with E-state index >= 15 is 0 Å². The minimum absolute atomic E-state index is 0.708. The lowest BCUT2D eigenvalue weighted by molar-refractivity contribution is -0.192. The number of hydrogen-bond acceptors (Lipinski definition) is 5. The van der Waals surface area contributed by atoms with Gasteiger partial charge in [0.05, 0.1) is 0 Å². The van der Waals surface area contributed by atoms with E-state index < -0.39 is 12.1 Å². The molecule has 30 heavy (non-hydrogen) atoms. The van der Waals surface area contributed by atoms with Gasteiger partial charge < -0.3 is 15.3 Å². The zero-order valence-electron chi connectivity index (χ0n) is 17.8. The number of rotatable bonds is 4. The topological polar surface area (TPSA) is 78.4 Å². The van der Waals surface area contributed by atoms with Crippen molar-refractivity contribution >= 4 is 23.4 Å². The van der Waals surface area contributed by atoms with Crippen molar-refractivity contribution in [2.24, 2.45) is 0 Å². The summed E-state index contributed by atoms with van der Waals surface area (Å²) in [6, 6.07) is 4.39. The van der Waals surface area contributed by atoms with Gasteiger partial charge in [-0.05, 0) is 51.7 Å². The third-order valence-electron chi connectivity index (χ3n) is 4.77. The van der Waals surface area contributed by atoms with Gasteiger partial charge in [-0.1, -0.05) is 24.6 Å². The number of nitrogens with zero attached hydrogens (tertiary/aromatic N) is 3. The summed E-state index contributed by atoms with van der Waals surface area (Å²) < 4.78 is 31.7. The molecule has 3 rings (SSSR count). The van der Waals surface area contributed by atoms with E-state index in [9.17, 15) is 13.2 Å². The molecule has 0 spiro atoms. The van der Waals surface area contributed by atoms with E-state index in [0.717, 1.165) is 43.1 Å². The van der Waals surface area contributed by atoms with Crippen LogP contribution in [0, 0.1) is 27.7 Å². The second-order valence-corrected chi connectivity index (χ2v) is 7.37. The number of benzene rings is 1. The van der Waals surface area contributed by atoms with Crippen molar-refractivity contribution < 1.29 is 23.1 Å². The van der Waals surface area contributed by atoms with Gasteiger partial charge in [-0.15, -0.1) is 0 Å². The normalized spacial score (nSPS) is 12.9. The highest BCUT2D eigenvalue weighted by molar-refractivity contribution is 5.73. The van der Waals surface area contributed by atoms with Gasteiger partial charge >= 0.3 is 12.1 Å². The molecule has 0 radical (unpaired) electrons. The quantitative estimate of drug-likeness (QED) is 0.730. The number of hydrogen-bond donors (Lipinski definition) is 2. The fourth-order valence-electron chi connectivity index (χ4n) is 3.52. The Morgan fingerprint density at radius 2 is 1.73 bits per heavy atom. The van der Waals surface area contributed by atoms with E-state index in [4.69, 9.17) is 19.9 Å². The molecule has 0 fully saturated rings. The van der Waals surface area contributed by atoms with E-state index in [2.05, 4.69) is 57.0 Å². The molecule has 0 bridgehead atoms. The van der Waals surface area contributed by atoms with Crippen molar-refractivity contribution in [3.63, 3.8) is 0 Å². The van der Waals surface area contributed by atoms with Crippen LogP contribution in [0.2, 0.25) is 0 Å². The molecular weight excluding hydrogens is 397 g/mol. The largest absolute Gasteiger partial charge is 0.490 e. The molecule has 2 heterocycles. The Kier molecular flexibility index (Phi) is 7.28. The van der Waals surface area contributed by atoms with Gasteiger partial charge in [-0.2, -0.15) is 18.2 Å². The molecule has 0 unspecified atom stereocenters. The van der Waals surface area contributed by atoms with Gasteiger partial charge in [-0.3, -0.25) is 0 Å². The maximum atomic E-state index is 10.6. The Bertz CT molecular complexity index is 906. The van der Waals surface area contributed by atoms with Crippen LogP contribution in [0.1, 0.15) is 41.3 Å². The summed E-state index contributed by atoms with van der Waals surface area (Å²) in [5.41, 5.74) is 7.27. The molecule has 9 heteroatoms. The lowest BCUT2D eigenvalue weighted by Crippen LogP contribution is -2.22. The summed E-state index contributed by atoms with van der Waals surface area (Å²) in [4.78, 5) is 20.8. The number of alkyl halides is 3. The third-order valence-corrected chi connectivity index (χ3v) is 4.77. The molecule has 1 aliphatic heterocycles. The molecule has 1 aromatic heterocycles. The lowest BCUT2D eigenvalue weighted by Gasteiger charge is -2.19. The first-order chi connectivity index (χ1) is 13.9. The Morgan fingerprint density at radius 3 is 2.23 bits per heavy atom. The second-order valence-electron chi connectivity index (χ2n) is 7.37. The number of nitrogens with one attached hydrogen (secondary N) is 1. The van der Waals surface area contributed by atoms with Crippen molar-refractivity contribution in [2.45, 2.75) is 53.6 Å². The Labute approximate surface area is 174 Å². The summed E-state index contributed by atoms with van der Waals surface area (Å²) in [5, 5.41) is 10.6. The molecule has 6 nitrogen and oxygen atoms in total. The van der Waals surface area contributed by atoms with Crippen LogP contribution in [0.25, 0.3) is 0 Å². The number of aryl methyl sites for hydroxylation is 4. The molecule has 0 amide bonds. The number of carbonyl (C=O) groups is 1. The van der Waals surface area contributed by atoms with Crippen molar-refractivity contribution in [1.82, 2.24) is 9.97 Å². The first kappa shape index (κ1) is 23.4. The molecule has 0 aliphatic carbocycles. The molecule has 0 saturated carbocycles. The number of halogens is 3. The molecule has 2 N–H and O–H groups in total. The molecule has 2 aromatic rings. The van der Waals surface area contributed by atoms with E-state index in [1.807, 2.05) is 0 Å². The lowest BCUT2D eigenvalue weighted by atomic mass is 10.1. The minimum atomic E-state index is -5.08. The van der Waals surface area contributed by atoms with Crippen LogP contribution < -0.4 is 10.2 Å². The van der Waals surface area contributed by atoms with Gasteiger partial charge in [0.2, 0.25) is 5.95 Å². The van der Waals surface area contributed by atoms with Crippen molar-refractivity contribution in [1.29, 1.82) is 0 Å². The van der Waals surface area contributed by atoms with E-state index in [-0.39, 0.29) is 0 Å². The third kappa shape index (κ3) is 5.61. The van der Waals surface area contributed by atoms with Gasteiger partial charge in [0.15, 0.2) is 0 Å². The number of anilines is 3. The van der Waals surface area contributed by atoms with Gasteiger partial charge in [0.25, 0.3) is 0 Å². The SMILES string of the molecule is CCCN1CCc2c(C)nc(Nc3c(C)cc(C)cc3C)nc21.O=C(O)C(F)(F)F. The summed E-state index contributed by atoms with van der Waals surface area (Å²) in [6.07, 6.45) is -2.88. The average Bonchev–Trinajstić information content (AvgIpc) is 3.02. The highest BCUT2D eigenvalue weighted by atomic mass is 19.4. The van der Waals surface area contributed by atoms with Gasteiger partial charge in [0, 0.05) is 30.0 Å². The van der Waals surface area contributed by atoms with Crippen molar-refractivity contribution in [3.8, 4) is 0 Å². The van der Waals surface area contributed by atoms with Gasteiger partial charge in [0.1, 0.15) is 5.82 Å². The summed E-state index contributed by atoms with van der Waals surface area (Å²) in [7, 11) is 0. The number of fused-ring (bicyclic) bond motifs is 1. The van der Waals surface area contributed by atoms with Crippen LogP contribution in [0.3, 0.4) is 0 Å². The van der Waals surface area contributed by atoms with Crippen LogP contribution in [-0.2, 0) is 11.2 Å². The first-order valence-electron chi connectivity index (χ1n) is 9.71. The summed E-state index contributed by atoms with van der Waals surface area (Å²) >= 11 is 0. The maximum absolute atomic E-state index is 10.6. The number of aromatic nitrogens is 2. The fourth-order valence-corrected chi connectivity index (χ4v) is 3.52. The molecule has 1 aliphatic rings. The average molecular weight is 424 g/mol. The zero-order chi connectivity index (χ0) is 22.6. The Balaban J connectivity index is 0.000000396. The second kappa shape index (κ2) is 9.32. The van der Waals surface area contributed by atoms with E-state index in [0.29, 0.717) is 5.95 Å². The minimum Gasteiger partial charge on any atom is -0.475 e. The molecule has 0 atom stereocenters.